The molecule has 136 valence electrons. The predicted octanol–water partition coefficient (Wildman–Crippen LogP) is 3.12. The molecule has 0 aromatic heterocycles. The summed E-state index contributed by atoms with van der Waals surface area (Å²) in [4.78, 5) is 14.7. The van der Waals surface area contributed by atoms with Gasteiger partial charge in [0.1, 0.15) is 0 Å². The summed E-state index contributed by atoms with van der Waals surface area (Å²) >= 11 is 0. The van der Waals surface area contributed by atoms with Crippen LogP contribution in [-0.4, -0.2) is 43.5 Å². The molecule has 2 aromatic carbocycles. The summed E-state index contributed by atoms with van der Waals surface area (Å²) in [6.07, 6.45) is 2.35. The van der Waals surface area contributed by atoms with Crippen LogP contribution >= 0.6 is 12.4 Å². The average molecular weight is 362 g/mol. The van der Waals surface area contributed by atoms with Crippen molar-refractivity contribution in [3.8, 4) is 0 Å². The highest BCUT2D eigenvalue weighted by Crippen LogP contribution is 2.24. The van der Waals surface area contributed by atoms with Crippen molar-refractivity contribution in [2.24, 2.45) is 0 Å². The summed E-state index contributed by atoms with van der Waals surface area (Å²) in [5.74, 6) is 0.104. The number of amides is 1. The number of carbonyl (C=O) groups excluding carboxylic acids is 1. The molecule has 2 aromatic rings. The zero-order chi connectivity index (χ0) is 16.9. The van der Waals surface area contributed by atoms with Crippen LogP contribution in [-0.2, 0) is 4.79 Å². The van der Waals surface area contributed by atoms with Crippen molar-refractivity contribution in [3.63, 3.8) is 0 Å². The molecule has 2 unspecified atom stereocenters. The van der Waals surface area contributed by atoms with Gasteiger partial charge in [0, 0.05) is 12.6 Å². The Labute approximate surface area is 156 Å². The molecule has 1 fully saturated rings. The number of rotatable bonds is 5. The Morgan fingerprint density at radius 1 is 1.24 bits per heavy atom. The molecule has 3 rings (SSSR count). The maximum atomic E-state index is 12.5. The number of likely N-dealkylation sites (N-methyl/N-ethyl adjacent to an activating group) is 1. The van der Waals surface area contributed by atoms with Crippen molar-refractivity contribution in [1.82, 2.24) is 15.5 Å². The first-order valence-electron chi connectivity index (χ1n) is 8.84. The van der Waals surface area contributed by atoms with Crippen molar-refractivity contribution in [1.29, 1.82) is 0 Å². The highest BCUT2D eigenvalue weighted by molar-refractivity contribution is 5.87. The van der Waals surface area contributed by atoms with Gasteiger partial charge in [0.15, 0.2) is 0 Å². The lowest BCUT2D eigenvalue weighted by Crippen LogP contribution is -2.48. The van der Waals surface area contributed by atoms with Gasteiger partial charge in [-0.1, -0.05) is 42.5 Å². The molecule has 0 bridgehead atoms. The largest absolute Gasteiger partial charge is 0.348 e. The molecule has 1 saturated heterocycles. The third kappa shape index (κ3) is 4.94. The van der Waals surface area contributed by atoms with E-state index in [-0.39, 0.29) is 24.4 Å². The Kier molecular flexibility index (Phi) is 7.24. The molecule has 1 aliphatic heterocycles. The Bertz CT molecular complexity index is 701. The van der Waals surface area contributed by atoms with Gasteiger partial charge in [0.05, 0.1) is 12.6 Å². The van der Waals surface area contributed by atoms with Crippen LogP contribution in [0.4, 0.5) is 0 Å². The lowest BCUT2D eigenvalue weighted by Gasteiger charge is -2.32. The van der Waals surface area contributed by atoms with E-state index in [0.717, 1.165) is 19.5 Å². The van der Waals surface area contributed by atoms with Crippen molar-refractivity contribution < 1.29 is 4.79 Å². The second-order valence-corrected chi connectivity index (χ2v) is 6.72. The zero-order valence-corrected chi connectivity index (χ0v) is 15.8. The number of carbonyl (C=O) groups is 1. The topological polar surface area (TPSA) is 44.4 Å². The third-order valence-electron chi connectivity index (χ3n) is 4.95. The number of piperidine rings is 1. The van der Waals surface area contributed by atoms with Gasteiger partial charge in [-0.25, -0.2) is 0 Å². The van der Waals surface area contributed by atoms with Crippen LogP contribution in [0.1, 0.15) is 31.4 Å². The first-order valence-corrected chi connectivity index (χ1v) is 8.84. The van der Waals surface area contributed by atoms with Gasteiger partial charge in [0.25, 0.3) is 0 Å². The normalized spacial score (nSPS) is 19.2. The second kappa shape index (κ2) is 9.18. The minimum atomic E-state index is 0. The molecule has 1 aliphatic rings. The fraction of sp³-hybridized carbons (Fsp3) is 0.450. The SMILES string of the molecule is CNC1CCCN(CC(=O)NC(C)c2cccc3ccccc23)C1.Cl. The van der Waals surface area contributed by atoms with E-state index in [1.807, 2.05) is 19.2 Å². The van der Waals surface area contributed by atoms with E-state index in [1.165, 1.54) is 22.8 Å². The summed E-state index contributed by atoms with van der Waals surface area (Å²) in [6, 6.07) is 15.1. The van der Waals surface area contributed by atoms with Gasteiger partial charge < -0.3 is 10.6 Å². The fourth-order valence-electron chi connectivity index (χ4n) is 3.63. The van der Waals surface area contributed by atoms with E-state index < -0.39 is 0 Å². The summed E-state index contributed by atoms with van der Waals surface area (Å²) in [5.41, 5.74) is 1.17. The van der Waals surface area contributed by atoms with E-state index in [0.29, 0.717) is 12.6 Å². The van der Waals surface area contributed by atoms with Gasteiger partial charge in [-0.3, -0.25) is 9.69 Å². The predicted molar refractivity (Wildman–Crippen MR) is 106 cm³/mol. The molecule has 5 heteroatoms. The van der Waals surface area contributed by atoms with Crippen LogP contribution < -0.4 is 10.6 Å². The van der Waals surface area contributed by atoms with E-state index >= 15 is 0 Å². The molecule has 2 N–H and O–H groups in total. The zero-order valence-electron chi connectivity index (χ0n) is 15.0. The molecule has 2 atom stereocenters. The van der Waals surface area contributed by atoms with Gasteiger partial charge in [0.2, 0.25) is 5.91 Å². The van der Waals surface area contributed by atoms with Crippen LogP contribution in [0.2, 0.25) is 0 Å². The smallest absolute Gasteiger partial charge is 0.234 e. The average Bonchev–Trinajstić information content (AvgIpc) is 2.61. The van der Waals surface area contributed by atoms with Crippen molar-refractivity contribution in [3.05, 3.63) is 48.0 Å². The highest BCUT2D eigenvalue weighted by Gasteiger charge is 2.21. The number of likely N-dealkylation sites (tertiary alicyclic amines) is 1. The molecule has 4 nitrogen and oxygen atoms in total. The maximum Gasteiger partial charge on any atom is 0.234 e. The van der Waals surface area contributed by atoms with Crippen molar-refractivity contribution >= 4 is 29.1 Å². The van der Waals surface area contributed by atoms with Crippen molar-refractivity contribution in [2.75, 3.05) is 26.7 Å². The van der Waals surface area contributed by atoms with Gasteiger partial charge in [-0.15, -0.1) is 12.4 Å². The quantitative estimate of drug-likeness (QED) is 0.860. The summed E-state index contributed by atoms with van der Waals surface area (Å²) < 4.78 is 0. The number of fused-ring (bicyclic) bond motifs is 1. The molecule has 1 heterocycles. The first kappa shape index (κ1) is 19.7. The first-order chi connectivity index (χ1) is 11.7. The Balaban J connectivity index is 0.00000225. The van der Waals surface area contributed by atoms with E-state index in [2.05, 4.69) is 52.8 Å². The van der Waals surface area contributed by atoms with Gasteiger partial charge in [-0.05, 0) is 49.7 Å². The van der Waals surface area contributed by atoms with E-state index in [1.54, 1.807) is 0 Å². The summed E-state index contributed by atoms with van der Waals surface area (Å²) in [6.45, 7) is 4.50. The van der Waals surface area contributed by atoms with Crippen molar-refractivity contribution in [2.45, 2.75) is 31.8 Å². The van der Waals surface area contributed by atoms with Crippen LogP contribution in [0.15, 0.2) is 42.5 Å². The number of hydrogen-bond acceptors (Lipinski definition) is 3. The number of benzene rings is 2. The summed E-state index contributed by atoms with van der Waals surface area (Å²) in [5, 5.41) is 8.91. The molecule has 1 amide bonds. The highest BCUT2D eigenvalue weighted by atomic mass is 35.5. The molecular weight excluding hydrogens is 334 g/mol. The number of nitrogens with zero attached hydrogens (tertiary/aromatic N) is 1. The van der Waals surface area contributed by atoms with Crippen LogP contribution in [0, 0.1) is 0 Å². The van der Waals surface area contributed by atoms with Crippen LogP contribution in [0.25, 0.3) is 10.8 Å². The lowest BCUT2D eigenvalue weighted by molar-refractivity contribution is -0.123. The second-order valence-electron chi connectivity index (χ2n) is 6.72. The maximum absolute atomic E-state index is 12.5. The number of hydrogen-bond donors (Lipinski definition) is 2. The molecular formula is C20H28ClN3O. The number of nitrogens with one attached hydrogen (secondary N) is 2. The minimum absolute atomic E-state index is 0. The monoisotopic (exact) mass is 361 g/mol. The van der Waals surface area contributed by atoms with Crippen LogP contribution in [0.3, 0.4) is 0 Å². The van der Waals surface area contributed by atoms with Gasteiger partial charge in [-0.2, -0.15) is 0 Å². The van der Waals surface area contributed by atoms with Gasteiger partial charge >= 0.3 is 0 Å². The molecule has 25 heavy (non-hydrogen) atoms. The molecule has 0 spiro atoms. The Morgan fingerprint density at radius 3 is 2.80 bits per heavy atom. The summed E-state index contributed by atoms with van der Waals surface area (Å²) in [7, 11) is 2.00. The standard InChI is InChI=1S/C20H27N3O.ClH/c1-15(18-11-5-8-16-7-3-4-10-19(16)18)22-20(24)14-23-12-6-9-17(13-23)21-2;/h3-5,7-8,10-11,15,17,21H,6,9,12-14H2,1-2H3,(H,22,24);1H. The molecule has 0 saturated carbocycles. The number of halogens is 1. The fourth-order valence-corrected chi connectivity index (χ4v) is 3.63. The molecule has 0 radical (unpaired) electrons. The van der Waals surface area contributed by atoms with Crippen LogP contribution in [0.5, 0.6) is 0 Å². The molecule has 0 aliphatic carbocycles. The lowest BCUT2D eigenvalue weighted by atomic mass is 9.99. The Hall–Kier alpha value is -1.62. The van der Waals surface area contributed by atoms with E-state index in [4.69, 9.17) is 0 Å². The van der Waals surface area contributed by atoms with E-state index in [9.17, 15) is 4.79 Å². The third-order valence-corrected chi connectivity index (χ3v) is 4.95. The minimum Gasteiger partial charge on any atom is -0.348 e. The Morgan fingerprint density at radius 2 is 2.00 bits per heavy atom.